The summed E-state index contributed by atoms with van der Waals surface area (Å²) in [6.45, 7) is 0. The van der Waals surface area contributed by atoms with Crippen LogP contribution >= 0.6 is 22.6 Å². The highest BCUT2D eigenvalue weighted by molar-refractivity contribution is 14.1. The van der Waals surface area contributed by atoms with Gasteiger partial charge in [0.15, 0.2) is 17.5 Å². The van der Waals surface area contributed by atoms with Crippen LogP contribution in [0.25, 0.3) is 0 Å². The van der Waals surface area contributed by atoms with Gasteiger partial charge in [0.25, 0.3) is 0 Å². The van der Waals surface area contributed by atoms with E-state index < -0.39 is 23.5 Å². The summed E-state index contributed by atoms with van der Waals surface area (Å²) in [4.78, 5) is 0. The Balaban J connectivity index is 2.51. The third-order valence-electron chi connectivity index (χ3n) is 2.85. The average Bonchev–Trinajstić information content (AvgIpc) is 2.40. The number of nitrogens with one attached hydrogen (secondary N) is 1. The summed E-state index contributed by atoms with van der Waals surface area (Å²) in [7, 11) is 1.64. The van der Waals surface area contributed by atoms with Gasteiger partial charge in [0.05, 0.1) is 6.04 Å². The molecule has 0 radical (unpaired) electrons. The number of halogens is 4. The minimum atomic E-state index is -1.44. The van der Waals surface area contributed by atoms with Crippen molar-refractivity contribution < 1.29 is 13.2 Å². The number of hydrogen-bond donors (Lipinski definition) is 1. The third kappa shape index (κ3) is 2.92. The van der Waals surface area contributed by atoms with Gasteiger partial charge >= 0.3 is 0 Å². The molecule has 0 aromatic heterocycles. The summed E-state index contributed by atoms with van der Waals surface area (Å²) in [5.74, 6) is -3.78. The zero-order valence-electron chi connectivity index (χ0n) is 10.1. The minimum absolute atomic E-state index is 0.0865. The van der Waals surface area contributed by atoms with Gasteiger partial charge in [-0.3, -0.25) is 0 Å². The Bertz CT molecular complexity index is 601. The molecule has 0 fully saturated rings. The van der Waals surface area contributed by atoms with Crippen LogP contribution in [0.1, 0.15) is 17.2 Å². The fourth-order valence-corrected chi connectivity index (χ4v) is 2.52. The number of rotatable bonds is 3. The van der Waals surface area contributed by atoms with Crippen molar-refractivity contribution in [1.29, 1.82) is 0 Å². The second-order valence-electron chi connectivity index (χ2n) is 4.04. The van der Waals surface area contributed by atoms with E-state index in [4.69, 9.17) is 0 Å². The molecule has 19 heavy (non-hydrogen) atoms. The van der Waals surface area contributed by atoms with Crippen LogP contribution in [0.2, 0.25) is 0 Å². The predicted molar refractivity (Wildman–Crippen MR) is 76.4 cm³/mol. The van der Waals surface area contributed by atoms with Crippen LogP contribution in [0, 0.1) is 21.0 Å². The van der Waals surface area contributed by atoms with E-state index in [1.807, 2.05) is 24.3 Å². The molecule has 2 aromatic rings. The Morgan fingerprint density at radius 1 is 1.05 bits per heavy atom. The van der Waals surface area contributed by atoms with Crippen LogP contribution in [-0.4, -0.2) is 7.05 Å². The second-order valence-corrected chi connectivity index (χ2v) is 5.29. The summed E-state index contributed by atoms with van der Waals surface area (Å²) in [6, 6.07) is 9.08. The largest absolute Gasteiger partial charge is 0.309 e. The lowest BCUT2D eigenvalue weighted by Gasteiger charge is -2.18. The maximum Gasteiger partial charge on any atom is 0.194 e. The van der Waals surface area contributed by atoms with Crippen LogP contribution in [0.15, 0.2) is 36.4 Å². The Kier molecular flexibility index (Phi) is 4.46. The minimum Gasteiger partial charge on any atom is -0.309 e. The molecule has 1 atom stereocenters. The zero-order chi connectivity index (χ0) is 14.0. The Labute approximate surface area is 123 Å². The van der Waals surface area contributed by atoms with Crippen LogP contribution in [0.3, 0.4) is 0 Å². The highest BCUT2D eigenvalue weighted by atomic mass is 127. The lowest BCUT2D eigenvalue weighted by atomic mass is 9.98. The smallest absolute Gasteiger partial charge is 0.194 e. The summed E-state index contributed by atoms with van der Waals surface area (Å²) in [5, 5.41) is 2.92. The zero-order valence-corrected chi connectivity index (χ0v) is 12.2. The van der Waals surface area contributed by atoms with Crippen LogP contribution in [0.4, 0.5) is 13.2 Å². The molecule has 0 aliphatic heterocycles. The van der Waals surface area contributed by atoms with E-state index in [-0.39, 0.29) is 5.56 Å². The van der Waals surface area contributed by atoms with E-state index in [0.717, 1.165) is 15.2 Å². The van der Waals surface area contributed by atoms with Gasteiger partial charge in [-0.2, -0.15) is 0 Å². The van der Waals surface area contributed by atoms with Gasteiger partial charge in [0.2, 0.25) is 0 Å². The van der Waals surface area contributed by atoms with E-state index in [1.54, 1.807) is 7.05 Å². The molecule has 0 amide bonds. The topological polar surface area (TPSA) is 12.0 Å². The quantitative estimate of drug-likeness (QED) is 0.630. The molecule has 0 aliphatic rings. The first-order valence-electron chi connectivity index (χ1n) is 5.60. The van der Waals surface area contributed by atoms with Crippen molar-refractivity contribution in [3.8, 4) is 0 Å². The van der Waals surface area contributed by atoms with E-state index >= 15 is 0 Å². The van der Waals surface area contributed by atoms with E-state index in [9.17, 15) is 13.2 Å². The van der Waals surface area contributed by atoms with E-state index in [1.165, 1.54) is 6.07 Å². The molecular weight excluding hydrogens is 366 g/mol. The van der Waals surface area contributed by atoms with Gasteiger partial charge in [-0.1, -0.05) is 18.2 Å². The summed E-state index contributed by atoms with van der Waals surface area (Å²) < 4.78 is 41.1. The van der Waals surface area contributed by atoms with Gasteiger partial charge in [-0.15, -0.1) is 0 Å². The van der Waals surface area contributed by atoms with Gasteiger partial charge in [0, 0.05) is 9.13 Å². The van der Waals surface area contributed by atoms with Gasteiger partial charge in [0.1, 0.15) is 0 Å². The van der Waals surface area contributed by atoms with Crippen molar-refractivity contribution in [2.75, 3.05) is 7.05 Å². The van der Waals surface area contributed by atoms with Gasteiger partial charge in [-0.25, -0.2) is 13.2 Å². The molecular formula is C14H11F3IN. The number of benzene rings is 2. The second kappa shape index (κ2) is 5.92. The van der Waals surface area contributed by atoms with Gasteiger partial charge < -0.3 is 5.32 Å². The van der Waals surface area contributed by atoms with E-state index in [2.05, 4.69) is 27.9 Å². The predicted octanol–water partition coefficient (Wildman–Crippen LogP) is 4.02. The molecule has 0 heterocycles. The normalized spacial score (nSPS) is 12.5. The van der Waals surface area contributed by atoms with Crippen LogP contribution in [0.5, 0.6) is 0 Å². The monoisotopic (exact) mass is 377 g/mol. The molecule has 100 valence electrons. The summed E-state index contributed by atoms with van der Waals surface area (Å²) in [6.07, 6.45) is 0. The molecule has 1 nitrogen and oxygen atoms in total. The molecule has 0 saturated heterocycles. The Morgan fingerprint density at radius 2 is 1.79 bits per heavy atom. The lowest BCUT2D eigenvalue weighted by molar-refractivity contribution is 0.435. The first-order valence-corrected chi connectivity index (χ1v) is 6.68. The SMILES string of the molecule is CNC(c1cccc(I)c1)c1ccc(F)c(F)c1F. The van der Waals surface area contributed by atoms with Gasteiger partial charge in [-0.05, 0) is 53.4 Å². The fraction of sp³-hybridized carbons (Fsp3) is 0.143. The van der Waals surface area contributed by atoms with Crippen LogP contribution < -0.4 is 5.32 Å². The fourth-order valence-electron chi connectivity index (χ4n) is 1.95. The highest BCUT2D eigenvalue weighted by Crippen LogP contribution is 2.27. The number of hydrogen-bond acceptors (Lipinski definition) is 1. The maximum absolute atomic E-state index is 13.8. The Hall–Kier alpha value is -1.08. The van der Waals surface area contributed by atoms with E-state index in [0.29, 0.717) is 0 Å². The molecule has 0 aliphatic carbocycles. The molecule has 1 N–H and O–H groups in total. The van der Waals surface area contributed by atoms with Crippen molar-refractivity contribution in [3.63, 3.8) is 0 Å². The Morgan fingerprint density at radius 3 is 2.42 bits per heavy atom. The van der Waals surface area contributed by atoms with Crippen LogP contribution in [-0.2, 0) is 0 Å². The third-order valence-corrected chi connectivity index (χ3v) is 3.52. The van der Waals surface area contributed by atoms with Crippen molar-refractivity contribution >= 4 is 22.6 Å². The standard InChI is InChI=1S/C14H11F3IN/c1-19-14(8-3-2-4-9(18)7-8)10-5-6-11(15)13(17)12(10)16/h2-7,14,19H,1H3. The van der Waals surface area contributed by atoms with Crippen molar-refractivity contribution in [2.24, 2.45) is 0 Å². The first-order chi connectivity index (χ1) is 9.04. The first kappa shape index (κ1) is 14.3. The van der Waals surface area contributed by atoms with Crippen molar-refractivity contribution in [2.45, 2.75) is 6.04 Å². The molecule has 2 aromatic carbocycles. The van der Waals surface area contributed by atoms with Crippen molar-refractivity contribution in [1.82, 2.24) is 5.32 Å². The maximum atomic E-state index is 13.8. The molecule has 5 heteroatoms. The molecule has 1 unspecified atom stereocenters. The summed E-state index contributed by atoms with van der Waals surface area (Å²) in [5.41, 5.74) is 0.878. The molecule has 0 bridgehead atoms. The van der Waals surface area contributed by atoms with Crippen molar-refractivity contribution in [3.05, 3.63) is 68.5 Å². The average molecular weight is 377 g/mol. The lowest BCUT2D eigenvalue weighted by Crippen LogP contribution is -2.20. The summed E-state index contributed by atoms with van der Waals surface area (Å²) >= 11 is 2.14. The molecule has 0 spiro atoms. The highest BCUT2D eigenvalue weighted by Gasteiger charge is 2.21. The molecule has 2 rings (SSSR count). The molecule has 0 saturated carbocycles.